The summed E-state index contributed by atoms with van der Waals surface area (Å²) < 4.78 is 27.0. The number of likely N-dealkylation sites (N-methyl/N-ethyl adjacent to an activating group) is 1. The van der Waals surface area contributed by atoms with E-state index in [2.05, 4.69) is 24.1 Å². The quantitative estimate of drug-likeness (QED) is 0.717. The Morgan fingerprint density at radius 2 is 1.68 bits per heavy atom. The van der Waals surface area contributed by atoms with Crippen molar-refractivity contribution in [2.24, 2.45) is 0 Å². The number of hydrogen-bond donors (Lipinski definition) is 1. The number of sulfonamides is 1. The fraction of sp³-hybridized carbons (Fsp3) is 0.611. The van der Waals surface area contributed by atoms with Gasteiger partial charge in [-0.2, -0.15) is 4.31 Å². The highest BCUT2D eigenvalue weighted by atomic mass is 32.2. The average molecular weight is 368 g/mol. The van der Waals surface area contributed by atoms with Gasteiger partial charge in [-0.05, 0) is 37.2 Å². The van der Waals surface area contributed by atoms with E-state index in [1.807, 2.05) is 0 Å². The second-order valence-corrected chi connectivity index (χ2v) is 8.31. The van der Waals surface area contributed by atoms with Crippen molar-refractivity contribution in [3.05, 3.63) is 24.3 Å². The zero-order chi connectivity index (χ0) is 18.3. The van der Waals surface area contributed by atoms with Crippen LogP contribution >= 0.6 is 0 Å². The van der Waals surface area contributed by atoms with Gasteiger partial charge in [0.05, 0.1) is 4.90 Å². The van der Waals surface area contributed by atoms with Crippen LogP contribution in [0.1, 0.15) is 39.5 Å². The first-order valence-electron chi connectivity index (χ1n) is 9.09. The van der Waals surface area contributed by atoms with Gasteiger partial charge in [0.25, 0.3) is 0 Å². The van der Waals surface area contributed by atoms with Gasteiger partial charge in [-0.25, -0.2) is 8.42 Å². The molecular formula is C18H29N3O3S. The maximum Gasteiger partial charge on any atom is 0.243 e. The molecule has 0 spiro atoms. The maximum atomic E-state index is 12.7. The predicted molar refractivity (Wildman–Crippen MR) is 100 cm³/mol. The van der Waals surface area contributed by atoms with Crippen LogP contribution in [-0.4, -0.2) is 56.3 Å². The van der Waals surface area contributed by atoms with E-state index in [1.165, 1.54) is 4.31 Å². The number of carbonyl (C=O) groups excluding carboxylic acids is 1. The van der Waals surface area contributed by atoms with Crippen LogP contribution < -0.4 is 5.32 Å². The zero-order valence-electron chi connectivity index (χ0n) is 15.2. The van der Waals surface area contributed by atoms with E-state index in [4.69, 9.17) is 0 Å². The van der Waals surface area contributed by atoms with E-state index in [9.17, 15) is 13.2 Å². The molecule has 0 bridgehead atoms. The van der Waals surface area contributed by atoms with Crippen molar-refractivity contribution in [1.82, 2.24) is 9.21 Å². The molecule has 1 fully saturated rings. The van der Waals surface area contributed by atoms with E-state index < -0.39 is 10.0 Å². The van der Waals surface area contributed by atoms with Gasteiger partial charge in [0, 0.05) is 38.3 Å². The van der Waals surface area contributed by atoms with Crippen molar-refractivity contribution in [3.63, 3.8) is 0 Å². The third-order valence-corrected chi connectivity index (χ3v) is 6.47. The van der Waals surface area contributed by atoms with Crippen LogP contribution in [0, 0.1) is 0 Å². The van der Waals surface area contributed by atoms with Gasteiger partial charge in [0.1, 0.15) is 0 Å². The maximum absolute atomic E-state index is 12.7. The zero-order valence-corrected chi connectivity index (χ0v) is 16.0. The fourth-order valence-corrected chi connectivity index (χ4v) is 4.33. The Hall–Kier alpha value is -1.44. The molecular weight excluding hydrogens is 338 g/mol. The van der Waals surface area contributed by atoms with Crippen LogP contribution in [0.3, 0.4) is 0 Å². The Morgan fingerprint density at radius 3 is 2.24 bits per heavy atom. The molecule has 1 N–H and O–H groups in total. The summed E-state index contributed by atoms with van der Waals surface area (Å²) in [6.07, 6.45) is 3.48. The number of benzene rings is 1. The Kier molecular flexibility index (Phi) is 7.40. The van der Waals surface area contributed by atoms with E-state index in [1.54, 1.807) is 24.3 Å². The molecule has 0 radical (unpaired) electrons. The minimum absolute atomic E-state index is 0.0280. The van der Waals surface area contributed by atoms with Gasteiger partial charge in [-0.1, -0.05) is 26.7 Å². The molecule has 2 rings (SSSR count). The fourth-order valence-electron chi connectivity index (χ4n) is 2.90. The number of nitrogens with zero attached hydrogens (tertiary/aromatic N) is 2. The standard InChI is InChI=1S/C18H29N3O3S/c1-3-5-6-7-18(22)19-16-8-10-17(11-9-16)25(23,24)21-14-12-20(4-2)13-15-21/h8-11H,3-7,12-15H2,1-2H3,(H,19,22). The van der Waals surface area contributed by atoms with Crippen LogP contribution in [0.5, 0.6) is 0 Å². The Balaban J connectivity index is 1.95. The minimum atomic E-state index is -3.46. The molecule has 140 valence electrons. The molecule has 1 aliphatic heterocycles. The lowest BCUT2D eigenvalue weighted by Gasteiger charge is -2.33. The number of rotatable bonds is 8. The lowest BCUT2D eigenvalue weighted by atomic mass is 10.2. The van der Waals surface area contributed by atoms with Crippen molar-refractivity contribution in [1.29, 1.82) is 0 Å². The molecule has 1 aliphatic rings. The van der Waals surface area contributed by atoms with Gasteiger partial charge in [0.15, 0.2) is 0 Å². The summed E-state index contributed by atoms with van der Waals surface area (Å²) in [4.78, 5) is 14.4. The summed E-state index contributed by atoms with van der Waals surface area (Å²) in [7, 11) is -3.46. The molecule has 0 unspecified atom stereocenters. The second-order valence-electron chi connectivity index (χ2n) is 6.37. The minimum Gasteiger partial charge on any atom is -0.326 e. The first kappa shape index (κ1) is 19.9. The number of unbranched alkanes of at least 4 members (excludes halogenated alkanes) is 2. The highest BCUT2D eigenvalue weighted by Crippen LogP contribution is 2.20. The second kappa shape index (κ2) is 9.31. The van der Waals surface area contributed by atoms with Gasteiger partial charge in [-0.3, -0.25) is 4.79 Å². The first-order chi connectivity index (χ1) is 12.0. The Bertz CT molecular complexity index is 651. The molecule has 0 aromatic heterocycles. The third kappa shape index (κ3) is 5.52. The molecule has 1 heterocycles. The van der Waals surface area contributed by atoms with Crippen molar-refractivity contribution < 1.29 is 13.2 Å². The summed E-state index contributed by atoms with van der Waals surface area (Å²) in [6.45, 7) is 7.70. The summed E-state index contributed by atoms with van der Waals surface area (Å²) in [5, 5.41) is 2.82. The number of nitrogens with one attached hydrogen (secondary N) is 1. The number of carbonyl (C=O) groups is 1. The lowest BCUT2D eigenvalue weighted by molar-refractivity contribution is -0.116. The molecule has 6 nitrogen and oxygen atoms in total. The largest absolute Gasteiger partial charge is 0.326 e. The summed E-state index contributed by atoms with van der Waals surface area (Å²) in [5.74, 6) is -0.0280. The van der Waals surface area contributed by atoms with E-state index in [0.717, 1.165) is 38.9 Å². The van der Waals surface area contributed by atoms with Crippen molar-refractivity contribution in [2.75, 3.05) is 38.0 Å². The van der Waals surface area contributed by atoms with Gasteiger partial charge >= 0.3 is 0 Å². The highest BCUT2D eigenvalue weighted by Gasteiger charge is 2.27. The van der Waals surface area contributed by atoms with E-state index in [-0.39, 0.29) is 10.8 Å². The predicted octanol–water partition coefficient (Wildman–Crippen LogP) is 2.53. The van der Waals surface area contributed by atoms with Gasteiger partial charge < -0.3 is 10.2 Å². The van der Waals surface area contributed by atoms with Crippen LogP contribution in [0.25, 0.3) is 0 Å². The van der Waals surface area contributed by atoms with E-state index in [0.29, 0.717) is 25.2 Å². The molecule has 0 aliphatic carbocycles. The monoisotopic (exact) mass is 367 g/mol. The lowest BCUT2D eigenvalue weighted by Crippen LogP contribution is -2.48. The molecule has 1 saturated heterocycles. The Labute approximate surface area is 151 Å². The van der Waals surface area contributed by atoms with Crippen molar-refractivity contribution in [2.45, 2.75) is 44.4 Å². The molecule has 25 heavy (non-hydrogen) atoms. The molecule has 1 aromatic rings. The normalized spacial score (nSPS) is 16.7. The summed E-state index contributed by atoms with van der Waals surface area (Å²) >= 11 is 0. The summed E-state index contributed by atoms with van der Waals surface area (Å²) in [6, 6.07) is 6.46. The molecule has 0 saturated carbocycles. The van der Waals surface area contributed by atoms with Gasteiger partial charge in [0.2, 0.25) is 15.9 Å². The molecule has 0 atom stereocenters. The molecule has 1 aromatic carbocycles. The number of amides is 1. The smallest absolute Gasteiger partial charge is 0.243 e. The summed E-state index contributed by atoms with van der Waals surface area (Å²) in [5.41, 5.74) is 0.635. The van der Waals surface area contributed by atoms with Crippen LogP contribution in [0.2, 0.25) is 0 Å². The van der Waals surface area contributed by atoms with Crippen LogP contribution in [-0.2, 0) is 14.8 Å². The Morgan fingerprint density at radius 1 is 1.04 bits per heavy atom. The highest BCUT2D eigenvalue weighted by molar-refractivity contribution is 7.89. The molecule has 7 heteroatoms. The van der Waals surface area contributed by atoms with Crippen molar-refractivity contribution in [3.8, 4) is 0 Å². The SMILES string of the molecule is CCCCCC(=O)Nc1ccc(S(=O)(=O)N2CCN(CC)CC2)cc1. The van der Waals surface area contributed by atoms with Crippen LogP contribution in [0.15, 0.2) is 29.2 Å². The van der Waals surface area contributed by atoms with Gasteiger partial charge in [-0.15, -0.1) is 0 Å². The van der Waals surface area contributed by atoms with Crippen molar-refractivity contribution >= 4 is 21.6 Å². The third-order valence-electron chi connectivity index (χ3n) is 4.56. The van der Waals surface area contributed by atoms with Crippen LogP contribution in [0.4, 0.5) is 5.69 Å². The first-order valence-corrected chi connectivity index (χ1v) is 10.5. The number of hydrogen-bond acceptors (Lipinski definition) is 4. The topological polar surface area (TPSA) is 69.7 Å². The number of piperazine rings is 1. The average Bonchev–Trinajstić information content (AvgIpc) is 2.62. The molecule has 1 amide bonds. The number of anilines is 1. The van der Waals surface area contributed by atoms with E-state index >= 15 is 0 Å².